The molecule has 2 aliphatic carbocycles. The molecule has 2 aromatic carbocycles. The number of amides is 1. The van der Waals surface area contributed by atoms with Crippen molar-refractivity contribution < 1.29 is 38.1 Å². The number of carbonyl (C=O) groups excluding carboxylic acids is 3. The van der Waals surface area contributed by atoms with E-state index in [0.717, 1.165) is 72.8 Å². The van der Waals surface area contributed by atoms with Crippen LogP contribution in [0.5, 0.6) is 28.7 Å². The van der Waals surface area contributed by atoms with Gasteiger partial charge in [0.25, 0.3) is 0 Å². The lowest BCUT2D eigenvalue weighted by Crippen LogP contribution is -2.68. The molecule has 12 nitrogen and oxygen atoms in total. The van der Waals surface area contributed by atoms with Crippen LogP contribution in [0.15, 0.2) is 6.07 Å². The molecule has 5 atom stereocenters. The zero-order valence-electron chi connectivity index (χ0n) is 34.2. The van der Waals surface area contributed by atoms with E-state index in [1.807, 2.05) is 13.8 Å². The maximum absolute atomic E-state index is 13.8. The van der Waals surface area contributed by atoms with Crippen LogP contribution in [0.1, 0.15) is 136 Å². The normalized spacial score (nSPS) is 25.7. The second kappa shape index (κ2) is 16.5. The molecule has 2 aromatic rings. The van der Waals surface area contributed by atoms with Crippen molar-refractivity contribution in [2.24, 2.45) is 11.8 Å². The van der Waals surface area contributed by atoms with Gasteiger partial charge in [0.05, 0.1) is 25.3 Å². The van der Waals surface area contributed by atoms with E-state index in [1.54, 1.807) is 7.11 Å². The van der Waals surface area contributed by atoms with Crippen LogP contribution >= 0.6 is 0 Å². The maximum atomic E-state index is 13.8. The molecule has 8 rings (SSSR count). The molecule has 1 saturated heterocycles. The van der Waals surface area contributed by atoms with Crippen molar-refractivity contribution in [1.82, 2.24) is 15.1 Å². The highest BCUT2D eigenvalue weighted by Crippen LogP contribution is 2.58. The number of hydrogen-bond acceptors (Lipinski definition) is 11. The highest BCUT2D eigenvalue weighted by molar-refractivity contribution is 5.77. The van der Waals surface area contributed by atoms with Gasteiger partial charge in [-0.1, -0.05) is 57.4 Å². The van der Waals surface area contributed by atoms with E-state index in [-0.39, 0.29) is 43.3 Å². The van der Waals surface area contributed by atoms with Crippen molar-refractivity contribution in [3.05, 3.63) is 39.4 Å². The molecule has 0 aromatic heterocycles. The lowest BCUT2D eigenvalue weighted by atomic mass is 9.71. The Morgan fingerprint density at radius 2 is 1.60 bits per heavy atom. The zero-order chi connectivity index (χ0) is 40.0. The molecule has 3 fully saturated rings. The number of nitriles is 1. The van der Waals surface area contributed by atoms with E-state index in [9.17, 15) is 19.6 Å². The molecular weight excluding hydrogens is 725 g/mol. The third kappa shape index (κ3) is 7.35. The summed E-state index contributed by atoms with van der Waals surface area (Å²) in [7, 11) is 3.66. The van der Waals surface area contributed by atoms with Gasteiger partial charge in [-0.15, -0.1) is 0 Å². The van der Waals surface area contributed by atoms with Crippen molar-refractivity contribution in [2.45, 2.75) is 147 Å². The van der Waals surface area contributed by atoms with Gasteiger partial charge in [0.1, 0.15) is 11.8 Å². The molecule has 0 radical (unpaired) electrons. The number of likely N-dealkylation sites (N-methyl/N-ethyl adjacent to an activating group) is 1. The van der Waals surface area contributed by atoms with Crippen molar-refractivity contribution in [2.75, 3.05) is 27.5 Å². The summed E-state index contributed by atoms with van der Waals surface area (Å²) in [5.74, 6) is 2.62. The van der Waals surface area contributed by atoms with Gasteiger partial charge < -0.3 is 29.0 Å². The van der Waals surface area contributed by atoms with Gasteiger partial charge in [0.2, 0.25) is 12.7 Å². The van der Waals surface area contributed by atoms with Crippen molar-refractivity contribution >= 4 is 17.8 Å². The van der Waals surface area contributed by atoms with Crippen LogP contribution in [0, 0.1) is 37.0 Å². The minimum Gasteiger partial charge on any atom is -0.493 e. The van der Waals surface area contributed by atoms with Crippen LogP contribution in [0.2, 0.25) is 0 Å². The van der Waals surface area contributed by atoms with Gasteiger partial charge in [0.15, 0.2) is 23.0 Å². The van der Waals surface area contributed by atoms with E-state index in [1.165, 1.54) is 32.6 Å². The van der Waals surface area contributed by atoms with Gasteiger partial charge in [-0.05, 0) is 76.0 Å². The fraction of sp³-hybridized carbons (Fsp3) is 0.644. The second-order valence-corrected chi connectivity index (χ2v) is 17.4. The van der Waals surface area contributed by atoms with E-state index >= 15 is 0 Å². The molecule has 0 spiro atoms. The Balaban J connectivity index is 1.23. The van der Waals surface area contributed by atoms with E-state index < -0.39 is 18.1 Å². The minimum atomic E-state index is -0.571. The Hall–Kier alpha value is -4.34. The van der Waals surface area contributed by atoms with Gasteiger partial charge in [-0.25, -0.2) is 0 Å². The average molecular weight is 783 g/mol. The Bertz CT molecular complexity index is 1950. The van der Waals surface area contributed by atoms with Crippen molar-refractivity contribution in [1.29, 1.82) is 5.26 Å². The predicted molar refractivity (Wildman–Crippen MR) is 211 cm³/mol. The van der Waals surface area contributed by atoms with Gasteiger partial charge >= 0.3 is 11.9 Å². The third-order valence-electron chi connectivity index (χ3n) is 13.9. The molecule has 6 aliphatic rings. The first-order chi connectivity index (χ1) is 27.6. The van der Waals surface area contributed by atoms with Crippen LogP contribution in [0.4, 0.5) is 0 Å². The van der Waals surface area contributed by atoms with Crippen LogP contribution in [0.25, 0.3) is 0 Å². The maximum Gasteiger partial charge on any atom is 0.311 e. The quantitative estimate of drug-likeness (QED) is 0.195. The number of rotatable bonds is 10. The second-order valence-electron chi connectivity index (χ2n) is 17.4. The number of esters is 2. The van der Waals surface area contributed by atoms with Crippen LogP contribution in [0.3, 0.4) is 0 Å². The Morgan fingerprint density at radius 3 is 2.28 bits per heavy atom. The van der Waals surface area contributed by atoms with Crippen molar-refractivity contribution in [3.63, 3.8) is 0 Å². The highest BCUT2D eigenvalue weighted by atomic mass is 16.7. The van der Waals surface area contributed by atoms with E-state index in [2.05, 4.69) is 34.3 Å². The first-order valence-corrected chi connectivity index (χ1v) is 21.3. The summed E-state index contributed by atoms with van der Waals surface area (Å²) >= 11 is 0. The third-order valence-corrected chi connectivity index (χ3v) is 13.9. The van der Waals surface area contributed by atoms with Gasteiger partial charge in [-0.2, -0.15) is 5.26 Å². The molecule has 4 aliphatic heterocycles. The number of nitrogens with zero attached hydrogens (tertiary/aromatic N) is 3. The molecular formula is C45H58N4O8. The molecule has 2 bridgehead atoms. The number of carbonyl (C=O) groups is 3. The summed E-state index contributed by atoms with van der Waals surface area (Å²) in [5, 5.41) is 14.4. The Kier molecular flexibility index (Phi) is 11.4. The molecule has 4 heterocycles. The predicted octanol–water partition coefficient (Wildman–Crippen LogP) is 7.09. The van der Waals surface area contributed by atoms with E-state index in [4.69, 9.17) is 23.7 Å². The molecule has 1 N–H and O–H groups in total. The summed E-state index contributed by atoms with van der Waals surface area (Å²) in [4.78, 5) is 44.8. The number of nitrogens with one attached hydrogen (secondary N) is 1. The molecule has 57 heavy (non-hydrogen) atoms. The summed E-state index contributed by atoms with van der Waals surface area (Å²) in [6.45, 7) is 5.46. The van der Waals surface area contributed by atoms with Crippen LogP contribution in [-0.2, 0) is 27.2 Å². The lowest BCUT2D eigenvalue weighted by molar-refractivity contribution is -0.135. The average Bonchev–Trinajstić information content (AvgIpc) is 3.69. The number of hydrogen-bond donors (Lipinski definition) is 1. The monoisotopic (exact) mass is 782 g/mol. The number of piperazine rings is 1. The Morgan fingerprint density at radius 1 is 0.895 bits per heavy atom. The van der Waals surface area contributed by atoms with E-state index in [0.29, 0.717) is 71.8 Å². The zero-order valence-corrected chi connectivity index (χ0v) is 34.2. The molecule has 1 unspecified atom stereocenters. The minimum absolute atomic E-state index is 0.00792. The number of benzene rings is 2. The summed E-state index contributed by atoms with van der Waals surface area (Å²) in [6, 6.07) is 2.82. The standard InChI is InChI=1S/C45H58N4O8/c1-25-18-30-20-32-34(22-46)49-33(40(48(32)4)38(30)45(41(25)53-5)57-37(52)17-16-28-12-8-6-9-13-28)21-31-39(35(49)23-47-36(51)19-29-14-10-7-11-15-29)44-43(54-24-55-44)26(2)42(31)56-27(3)50/h18,28-29,32-35,40H,6-17,19-21,23-24H2,1-5H3,(H,47,51)/t32-,33?,34+,35+,40-/m1/s1. The first-order valence-electron chi connectivity index (χ1n) is 21.3. The SMILES string of the molecule is COc1c(C)cc2c(c1OC(=O)CCC1CCCCC1)[C@H]1C3Cc4c(OC(C)=O)c(C)c5c(c4[C@H](CNC(=O)CC4CCCCC4)N3[C@@H](C#N)[C@@H](C2)N1C)OCO5. The summed E-state index contributed by atoms with van der Waals surface area (Å²) in [6.07, 6.45) is 14.2. The highest BCUT2D eigenvalue weighted by Gasteiger charge is 2.57. The lowest BCUT2D eigenvalue weighted by Gasteiger charge is -2.60. The molecule has 1 amide bonds. The molecule has 306 valence electrons. The van der Waals surface area contributed by atoms with Crippen LogP contribution < -0.4 is 29.0 Å². The summed E-state index contributed by atoms with van der Waals surface area (Å²) < 4.78 is 30.7. The first kappa shape index (κ1) is 39.5. The fourth-order valence-corrected chi connectivity index (χ4v) is 11.3. The Labute approximate surface area is 336 Å². The number of aryl methyl sites for hydroxylation is 1. The molecule has 2 saturated carbocycles. The van der Waals surface area contributed by atoms with Gasteiger partial charge in [-0.3, -0.25) is 24.2 Å². The van der Waals surface area contributed by atoms with Crippen LogP contribution in [-0.4, -0.2) is 73.3 Å². The summed E-state index contributed by atoms with van der Waals surface area (Å²) in [5.41, 5.74) is 5.01. The smallest absolute Gasteiger partial charge is 0.311 e. The molecule has 12 heteroatoms. The largest absolute Gasteiger partial charge is 0.493 e. The van der Waals surface area contributed by atoms with Gasteiger partial charge in [0, 0.05) is 60.6 Å². The fourth-order valence-electron chi connectivity index (χ4n) is 11.3. The number of fused-ring (bicyclic) bond motifs is 9. The number of methoxy groups -OCH3 is 1. The topological polar surface area (TPSA) is 140 Å². The number of ether oxygens (including phenoxy) is 5. The van der Waals surface area contributed by atoms with Crippen molar-refractivity contribution in [3.8, 4) is 34.8 Å².